The van der Waals surface area contributed by atoms with Crippen LogP contribution in [0, 0.1) is 5.82 Å². The SMILES string of the molecule is Fc1cc(Cl)ccc1C(Cl)N=Nc1ccccc1. The molecular weight excluding hydrogens is 274 g/mol. The van der Waals surface area contributed by atoms with Gasteiger partial charge in [-0.2, -0.15) is 10.2 Å². The number of hydrogen-bond acceptors (Lipinski definition) is 2. The maximum Gasteiger partial charge on any atom is 0.172 e. The van der Waals surface area contributed by atoms with Crippen molar-refractivity contribution in [1.82, 2.24) is 0 Å². The van der Waals surface area contributed by atoms with E-state index in [1.165, 1.54) is 12.1 Å². The fraction of sp³-hybridized carbons (Fsp3) is 0.0769. The van der Waals surface area contributed by atoms with Gasteiger partial charge in [0.1, 0.15) is 5.82 Å². The molecule has 0 aliphatic rings. The molecule has 1 atom stereocenters. The quantitative estimate of drug-likeness (QED) is 0.403. The second-order valence-corrected chi connectivity index (χ2v) is 4.40. The Labute approximate surface area is 114 Å². The van der Waals surface area contributed by atoms with Gasteiger partial charge in [-0.3, -0.25) is 0 Å². The molecule has 0 spiro atoms. The lowest BCUT2D eigenvalue weighted by Gasteiger charge is -2.05. The highest BCUT2D eigenvalue weighted by Crippen LogP contribution is 2.28. The van der Waals surface area contributed by atoms with E-state index in [-0.39, 0.29) is 5.56 Å². The van der Waals surface area contributed by atoms with Gasteiger partial charge in [0.25, 0.3) is 0 Å². The largest absolute Gasteiger partial charge is 0.207 e. The van der Waals surface area contributed by atoms with Crippen LogP contribution in [0.15, 0.2) is 58.8 Å². The molecule has 0 bridgehead atoms. The van der Waals surface area contributed by atoms with E-state index in [0.717, 1.165) is 0 Å². The van der Waals surface area contributed by atoms with Gasteiger partial charge < -0.3 is 0 Å². The number of nitrogens with zero attached hydrogens (tertiary/aromatic N) is 2. The van der Waals surface area contributed by atoms with E-state index in [1.807, 2.05) is 18.2 Å². The predicted octanol–water partition coefficient (Wildman–Crippen LogP) is 5.50. The normalized spacial score (nSPS) is 12.8. The van der Waals surface area contributed by atoms with Gasteiger partial charge in [0.05, 0.1) is 5.69 Å². The number of rotatable bonds is 3. The molecule has 0 N–H and O–H groups in total. The van der Waals surface area contributed by atoms with E-state index in [2.05, 4.69) is 10.2 Å². The fourth-order valence-corrected chi connectivity index (χ4v) is 1.75. The Bertz CT molecular complexity index is 558. The average Bonchev–Trinajstić information content (AvgIpc) is 2.37. The van der Waals surface area contributed by atoms with Gasteiger partial charge in [0, 0.05) is 10.6 Å². The summed E-state index contributed by atoms with van der Waals surface area (Å²) in [4.78, 5) is 0. The first-order chi connectivity index (χ1) is 8.66. The van der Waals surface area contributed by atoms with E-state index in [4.69, 9.17) is 23.2 Å². The number of benzene rings is 2. The molecule has 92 valence electrons. The van der Waals surface area contributed by atoms with Gasteiger partial charge in [-0.1, -0.05) is 47.5 Å². The van der Waals surface area contributed by atoms with Crippen molar-refractivity contribution in [3.05, 3.63) is 64.9 Å². The van der Waals surface area contributed by atoms with Crippen molar-refractivity contribution in [2.45, 2.75) is 5.50 Å². The zero-order valence-corrected chi connectivity index (χ0v) is 10.7. The minimum Gasteiger partial charge on any atom is -0.207 e. The first-order valence-corrected chi connectivity index (χ1v) is 6.03. The Morgan fingerprint density at radius 3 is 2.44 bits per heavy atom. The number of halogens is 3. The number of azo groups is 1. The third kappa shape index (κ3) is 3.28. The Kier molecular flexibility index (Phi) is 4.28. The van der Waals surface area contributed by atoms with Crippen LogP contribution in [0.5, 0.6) is 0 Å². The van der Waals surface area contributed by atoms with Crippen LogP contribution in [-0.2, 0) is 0 Å². The molecule has 0 aliphatic heterocycles. The highest BCUT2D eigenvalue weighted by atomic mass is 35.5. The molecule has 0 saturated carbocycles. The lowest BCUT2D eigenvalue weighted by molar-refractivity contribution is 0.606. The summed E-state index contributed by atoms with van der Waals surface area (Å²) in [7, 11) is 0. The van der Waals surface area contributed by atoms with Crippen LogP contribution in [-0.4, -0.2) is 0 Å². The number of alkyl halides is 1. The summed E-state index contributed by atoms with van der Waals surface area (Å²) in [5.74, 6) is -0.491. The molecule has 0 aromatic heterocycles. The van der Waals surface area contributed by atoms with E-state index in [1.54, 1.807) is 18.2 Å². The molecule has 2 nitrogen and oxygen atoms in total. The smallest absolute Gasteiger partial charge is 0.172 e. The van der Waals surface area contributed by atoms with Gasteiger partial charge in [-0.05, 0) is 24.3 Å². The average molecular weight is 283 g/mol. The molecule has 2 aromatic rings. The van der Waals surface area contributed by atoms with Crippen LogP contribution < -0.4 is 0 Å². The lowest BCUT2D eigenvalue weighted by Crippen LogP contribution is -1.91. The highest BCUT2D eigenvalue weighted by Gasteiger charge is 2.12. The maximum absolute atomic E-state index is 13.6. The Hall–Kier alpha value is -1.45. The minimum absolute atomic E-state index is 0.251. The van der Waals surface area contributed by atoms with E-state index in [9.17, 15) is 4.39 Å². The second kappa shape index (κ2) is 5.94. The van der Waals surface area contributed by atoms with Crippen LogP contribution in [0.3, 0.4) is 0 Å². The van der Waals surface area contributed by atoms with Crippen LogP contribution >= 0.6 is 23.2 Å². The van der Waals surface area contributed by atoms with Gasteiger partial charge in [-0.15, -0.1) is 0 Å². The van der Waals surface area contributed by atoms with E-state index in [0.29, 0.717) is 10.7 Å². The highest BCUT2D eigenvalue weighted by molar-refractivity contribution is 6.30. The Balaban J connectivity index is 2.17. The Morgan fingerprint density at radius 1 is 1.06 bits per heavy atom. The van der Waals surface area contributed by atoms with Crippen LogP contribution in [0.2, 0.25) is 5.02 Å². The van der Waals surface area contributed by atoms with Gasteiger partial charge in [0.15, 0.2) is 5.50 Å². The van der Waals surface area contributed by atoms with Crippen molar-refractivity contribution in [3.8, 4) is 0 Å². The monoisotopic (exact) mass is 282 g/mol. The van der Waals surface area contributed by atoms with Gasteiger partial charge >= 0.3 is 0 Å². The standard InChI is InChI=1S/C13H9Cl2FN2/c14-9-6-7-11(12(16)8-9)13(15)18-17-10-4-2-1-3-5-10/h1-8,13H. The van der Waals surface area contributed by atoms with Crippen LogP contribution in [0.25, 0.3) is 0 Å². The molecule has 0 saturated heterocycles. The third-order valence-corrected chi connectivity index (χ3v) is 2.81. The molecule has 2 aromatic carbocycles. The summed E-state index contributed by atoms with van der Waals surface area (Å²) >= 11 is 11.6. The fourth-order valence-electron chi connectivity index (χ4n) is 1.37. The molecule has 5 heteroatoms. The molecule has 1 unspecified atom stereocenters. The summed E-state index contributed by atoms with van der Waals surface area (Å²) < 4.78 is 13.6. The van der Waals surface area contributed by atoms with Crippen molar-refractivity contribution in [3.63, 3.8) is 0 Å². The minimum atomic E-state index is -0.873. The third-order valence-electron chi connectivity index (χ3n) is 2.25. The van der Waals surface area contributed by atoms with Crippen molar-refractivity contribution in [2.24, 2.45) is 10.2 Å². The summed E-state index contributed by atoms with van der Waals surface area (Å²) in [6.45, 7) is 0. The van der Waals surface area contributed by atoms with E-state index >= 15 is 0 Å². The summed E-state index contributed by atoms with van der Waals surface area (Å²) in [6.07, 6.45) is 0. The van der Waals surface area contributed by atoms with Crippen LogP contribution in [0.4, 0.5) is 10.1 Å². The van der Waals surface area contributed by atoms with E-state index < -0.39 is 11.3 Å². The topological polar surface area (TPSA) is 24.7 Å². The number of hydrogen-bond donors (Lipinski definition) is 0. The second-order valence-electron chi connectivity index (χ2n) is 3.55. The van der Waals surface area contributed by atoms with Crippen molar-refractivity contribution in [2.75, 3.05) is 0 Å². The molecule has 0 radical (unpaired) electrons. The predicted molar refractivity (Wildman–Crippen MR) is 71.0 cm³/mol. The maximum atomic E-state index is 13.6. The molecule has 18 heavy (non-hydrogen) atoms. The first-order valence-electron chi connectivity index (χ1n) is 5.22. The lowest BCUT2D eigenvalue weighted by atomic mass is 10.2. The molecule has 0 heterocycles. The zero-order chi connectivity index (χ0) is 13.0. The van der Waals surface area contributed by atoms with Gasteiger partial charge in [0.2, 0.25) is 0 Å². The summed E-state index contributed by atoms with van der Waals surface area (Å²) in [6, 6.07) is 13.4. The molecule has 0 amide bonds. The van der Waals surface area contributed by atoms with Crippen molar-refractivity contribution in [1.29, 1.82) is 0 Å². The van der Waals surface area contributed by atoms with Crippen molar-refractivity contribution < 1.29 is 4.39 Å². The first kappa shape index (κ1) is 13.0. The summed E-state index contributed by atoms with van der Waals surface area (Å²) in [5, 5.41) is 8.12. The Morgan fingerprint density at radius 2 is 1.78 bits per heavy atom. The van der Waals surface area contributed by atoms with Crippen molar-refractivity contribution >= 4 is 28.9 Å². The van der Waals surface area contributed by atoms with Gasteiger partial charge in [-0.25, -0.2) is 4.39 Å². The molecular formula is C13H9Cl2FN2. The molecule has 0 aliphatic carbocycles. The molecule has 2 rings (SSSR count). The molecule has 0 fully saturated rings. The van der Waals surface area contributed by atoms with Crippen LogP contribution in [0.1, 0.15) is 11.1 Å². The summed E-state index contributed by atoms with van der Waals surface area (Å²) in [5.41, 5.74) is 0.0424. The zero-order valence-electron chi connectivity index (χ0n) is 9.22.